The first-order valence-electron chi connectivity index (χ1n) is 4.19. The van der Waals surface area contributed by atoms with Crippen molar-refractivity contribution in [3.05, 3.63) is 35.8 Å². The van der Waals surface area contributed by atoms with Gasteiger partial charge in [0.25, 0.3) is 0 Å². The highest BCUT2D eigenvalue weighted by Gasteiger charge is 1.96. The number of methoxy groups -OCH3 is 1. The van der Waals surface area contributed by atoms with E-state index >= 15 is 0 Å². The molecule has 1 heterocycles. The van der Waals surface area contributed by atoms with Crippen LogP contribution < -0.4 is 10.1 Å². The van der Waals surface area contributed by atoms with Gasteiger partial charge in [0.15, 0.2) is 5.13 Å². The van der Waals surface area contributed by atoms with E-state index in [-0.39, 0.29) is 0 Å². The van der Waals surface area contributed by atoms with Crippen LogP contribution in [0.3, 0.4) is 0 Å². The predicted molar refractivity (Wildman–Crippen MR) is 58.4 cm³/mol. The van der Waals surface area contributed by atoms with E-state index in [1.807, 2.05) is 29.6 Å². The molecule has 4 heteroatoms. The Labute approximate surface area is 86.4 Å². The Hall–Kier alpha value is -1.55. The molecule has 1 N–H and O–H groups in total. The van der Waals surface area contributed by atoms with Crippen molar-refractivity contribution < 1.29 is 4.74 Å². The molecule has 2 aromatic rings. The van der Waals surface area contributed by atoms with Crippen LogP contribution in [0.1, 0.15) is 0 Å². The van der Waals surface area contributed by atoms with Crippen LogP contribution >= 0.6 is 11.3 Å². The number of nitrogens with one attached hydrogen (secondary N) is 1. The monoisotopic (exact) mass is 206 g/mol. The van der Waals surface area contributed by atoms with Crippen LogP contribution in [0.15, 0.2) is 35.8 Å². The van der Waals surface area contributed by atoms with Crippen LogP contribution in [-0.2, 0) is 0 Å². The Bertz CT molecular complexity index is 383. The van der Waals surface area contributed by atoms with Crippen molar-refractivity contribution in [2.75, 3.05) is 12.4 Å². The molecule has 0 aliphatic rings. The van der Waals surface area contributed by atoms with Gasteiger partial charge in [-0.2, -0.15) is 0 Å². The van der Waals surface area contributed by atoms with Gasteiger partial charge in [0.05, 0.1) is 7.11 Å². The number of hydrogen-bond donors (Lipinski definition) is 1. The largest absolute Gasteiger partial charge is 0.497 e. The molecule has 1 aromatic carbocycles. The zero-order valence-corrected chi connectivity index (χ0v) is 8.54. The summed E-state index contributed by atoms with van der Waals surface area (Å²) in [6.45, 7) is 0. The predicted octanol–water partition coefficient (Wildman–Crippen LogP) is 2.90. The third-order valence-electron chi connectivity index (χ3n) is 1.77. The van der Waals surface area contributed by atoms with E-state index in [1.54, 1.807) is 24.6 Å². The second-order valence-corrected chi connectivity index (χ2v) is 3.59. The summed E-state index contributed by atoms with van der Waals surface area (Å²) in [6, 6.07) is 7.74. The summed E-state index contributed by atoms with van der Waals surface area (Å²) >= 11 is 1.57. The van der Waals surface area contributed by atoms with Crippen LogP contribution in [0.2, 0.25) is 0 Å². The molecule has 72 valence electrons. The average Bonchev–Trinajstić information content (AvgIpc) is 2.72. The van der Waals surface area contributed by atoms with Gasteiger partial charge in [-0.15, -0.1) is 11.3 Å². The van der Waals surface area contributed by atoms with E-state index in [4.69, 9.17) is 4.74 Å². The van der Waals surface area contributed by atoms with E-state index in [1.165, 1.54) is 0 Å². The molecule has 0 saturated heterocycles. The first kappa shape index (κ1) is 9.02. The van der Waals surface area contributed by atoms with Crippen molar-refractivity contribution in [2.24, 2.45) is 0 Å². The van der Waals surface area contributed by atoms with Crippen LogP contribution in [-0.4, -0.2) is 12.1 Å². The van der Waals surface area contributed by atoms with Gasteiger partial charge in [0.1, 0.15) is 5.75 Å². The molecule has 3 nitrogen and oxygen atoms in total. The number of thiazole rings is 1. The number of ether oxygens (including phenoxy) is 1. The highest BCUT2D eigenvalue weighted by Crippen LogP contribution is 2.20. The van der Waals surface area contributed by atoms with Gasteiger partial charge in [-0.25, -0.2) is 4.98 Å². The molecule has 0 aliphatic heterocycles. The van der Waals surface area contributed by atoms with Gasteiger partial charge in [-0.05, 0) is 24.3 Å². The maximum absolute atomic E-state index is 5.06. The van der Waals surface area contributed by atoms with Crippen molar-refractivity contribution in [3.63, 3.8) is 0 Å². The quantitative estimate of drug-likeness (QED) is 0.838. The SMILES string of the molecule is COc1ccc(Nc2nccs2)cc1. The maximum Gasteiger partial charge on any atom is 0.187 e. The number of rotatable bonds is 3. The van der Waals surface area contributed by atoms with Gasteiger partial charge < -0.3 is 10.1 Å². The molecule has 2 rings (SSSR count). The third-order valence-corrected chi connectivity index (χ3v) is 2.46. The number of aromatic nitrogens is 1. The van der Waals surface area contributed by atoms with Crippen molar-refractivity contribution >= 4 is 22.2 Å². The molecular formula is C10H10N2OS. The summed E-state index contributed by atoms with van der Waals surface area (Å²) in [6.07, 6.45) is 1.77. The molecular weight excluding hydrogens is 196 g/mol. The molecule has 1 aromatic heterocycles. The summed E-state index contributed by atoms with van der Waals surface area (Å²) in [5.41, 5.74) is 1.01. The molecule has 0 aliphatic carbocycles. The van der Waals surface area contributed by atoms with E-state index in [0.29, 0.717) is 0 Å². The molecule has 0 radical (unpaired) electrons. The first-order chi connectivity index (χ1) is 6.88. The molecule has 0 spiro atoms. The molecule has 0 saturated carbocycles. The minimum absolute atomic E-state index is 0.856. The smallest absolute Gasteiger partial charge is 0.187 e. The molecule has 0 bridgehead atoms. The molecule has 0 atom stereocenters. The van der Waals surface area contributed by atoms with Gasteiger partial charge in [0.2, 0.25) is 0 Å². The minimum atomic E-state index is 0.856. The Morgan fingerprint density at radius 2 is 2.07 bits per heavy atom. The molecule has 0 amide bonds. The standard InChI is InChI=1S/C10H10N2OS/c1-13-9-4-2-8(3-5-9)12-10-11-6-7-14-10/h2-7H,1H3,(H,11,12). The van der Waals surface area contributed by atoms with Gasteiger partial charge in [0, 0.05) is 17.3 Å². The van der Waals surface area contributed by atoms with Crippen molar-refractivity contribution in [1.29, 1.82) is 0 Å². The zero-order valence-electron chi connectivity index (χ0n) is 7.73. The van der Waals surface area contributed by atoms with E-state index in [0.717, 1.165) is 16.6 Å². The normalized spacial score (nSPS) is 9.79. The summed E-state index contributed by atoms with van der Waals surface area (Å²) in [5, 5.41) is 6.02. The number of hydrogen-bond acceptors (Lipinski definition) is 4. The lowest BCUT2D eigenvalue weighted by Crippen LogP contribution is -1.89. The Morgan fingerprint density at radius 3 is 2.64 bits per heavy atom. The van der Waals surface area contributed by atoms with Gasteiger partial charge >= 0.3 is 0 Å². The lowest BCUT2D eigenvalue weighted by molar-refractivity contribution is 0.415. The number of benzene rings is 1. The van der Waals surface area contributed by atoms with Crippen molar-refractivity contribution in [3.8, 4) is 5.75 Å². The molecule has 0 fully saturated rings. The molecule has 14 heavy (non-hydrogen) atoms. The Kier molecular flexibility index (Phi) is 2.65. The summed E-state index contributed by atoms with van der Waals surface area (Å²) in [4.78, 5) is 4.13. The van der Waals surface area contributed by atoms with Crippen LogP contribution in [0.5, 0.6) is 5.75 Å². The number of nitrogens with zero attached hydrogens (tertiary/aromatic N) is 1. The lowest BCUT2D eigenvalue weighted by Gasteiger charge is -2.03. The van der Waals surface area contributed by atoms with E-state index in [9.17, 15) is 0 Å². The van der Waals surface area contributed by atoms with Crippen molar-refractivity contribution in [2.45, 2.75) is 0 Å². The van der Waals surface area contributed by atoms with Crippen molar-refractivity contribution in [1.82, 2.24) is 4.98 Å². The van der Waals surface area contributed by atoms with Crippen LogP contribution in [0.25, 0.3) is 0 Å². The summed E-state index contributed by atoms with van der Waals surface area (Å²) in [5.74, 6) is 0.856. The molecule has 0 unspecified atom stereocenters. The highest BCUT2D eigenvalue weighted by molar-refractivity contribution is 7.13. The van der Waals surface area contributed by atoms with E-state index in [2.05, 4.69) is 10.3 Å². The minimum Gasteiger partial charge on any atom is -0.497 e. The third kappa shape index (κ3) is 2.03. The first-order valence-corrected chi connectivity index (χ1v) is 5.07. The zero-order chi connectivity index (χ0) is 9.80. The summed E-state index contributed by atoms with van der Waals surface area (Å²) < 4.78 is 5.06. The number of anilines is 2. The second kappa shape index (κ2) is 4.11. The fourth-order valence-corrected chi connectivity index (χ4v) is 1.63. The topological polar surface area (TPSA) is 34.1 Å². The summed E-state index contributed by atoms with van der Waals surface area (Å²) in [7, 11) is 1.66. The average molecular weight is 206 g/mol. The Balaban J connectivity index is 2.10. The highest BCUT2D eigenvalue weighted by atomic mass is 32.1. The van der Waals surface area contributed by atoms with Crippen LogP contribution in [0, 0.1) is 0 Å². The lowest BCUT2D eigenvalue weighted by atomic mass is 10.3. The fourth-order valence-electron chi connectivity index (χ4n) is 1.08. The van der Waals surface area contributed by atoms with Gasteiger partial charge in [-0.1, -0.05) is 0 Å². The van der Waals surface area contributed by atoms with Gasteiger partial charge in [-0.3, -0.25) is 0 Å². The van der Waals surface area contributed by atoms with Crippen LogP contribution in [0.4, 0.5) is 10.8 Å². The maximum atomic E-state index is 5.06. The fraction of sp³-hybridized carbons (Fsp3) is 0.100. The second-order valence-electron chi connectivity index (χ2n) is 2.69. The van der Waals surface area contributed by atoms with E-state index < -0.39 is 0 Å². The Morgan fingerprint density at radius 1 is 1.29 bits per heavy atom.